The molecule has 3 rings (SSSR count). The molecule has 0 bridgehead atoms. The van der Waals surface area contributed by atoms with Gasteiger partial charge in [0.1, 0.15) is 0 Å². The van der Waals surface area contributed by atoms with Crippen LogP contribution in [-0.4, -0.2) is 36.1 Å². The van der Waals surface area contributed by atoms with Crippen molar-refractivity contribution >= 4 is 23.2 Å². The van der Waals surface area contributed by atoms with E-state index < -0.39 is 0 Å². The van der Waals surface area contributed by atoms with Gasteiger partial charge in [-0.3, -0.25) is 9.88 Å². The summed E-state index contributed by atoms with van der Waals surface area (Å²) in [6.07, 6.45) is 1.83. The number of piperazine rings is 1. The van der Waals surface area contributed by atoms with Gasteiger partial charge in [0.25, 0.3) is 0 Å². The summed E-state index contributed by atoms with van der Waals surface area (Å²) in [4.78, 5) is 6.95. The molecule has 1 fully saturated rings. The Balaban J connectivity index is 2.02. The molecule has 2 aromatic rings. The minimum atomic E-state index is 0.0677. The molecule has 1 aromatic carbocycles. The molecule has 0 amide bonds. The molecule has 0 aliphatic carbocycles. The Morgan fingerprint density at radius 3 is 2.57 bits per heavy atom. The summed E-state index contributed by atoms with van der Waals surface area (Å²) < 4.78 is 0. The lowest BCUT2D eigenvalue weighted by atomic mass is 10.0. The number of halogens is 2. The number of hydrogen-bond donors (Lipinski definition) is 1. The molecule has 3 nitrogen and oxygen atoms in total. The summed E-state index contributed by atoms with van der Waals surface area (Å²) in [6.45, 7) is 3.91. The highest BCUT2D eigenvalue weighted by Gasteiger charge is 2.26. The van der Waals surface area contributed by atoms with E-state index in [4.69, 9.17) is 23.2 Å². The second-order valence-corrected chi connectivity index (χ2v) is 5.95. The average Bonchev–Trinajstić information content (AvgIpc) is 2.52. The Bertz CT molecular complexity index is 598. The molecule has 1 aliphatic rings. The molecule has 1 aromatic heterocycles. The van der Waals surface area contributed by atoms with Crippen LogP contribution in [0.25, 0.3) is 0 Å². The van der Waals surface area contributed by atoms with E-state index in [0.717, 1.165) is 37.4 Å². The molecule has 1 aliphatic heterocycles. The first-order valence-electron chi connectivity index (χ1n) is 7.06. The third kappa shape index (κ3) is 3.38. The fourth-order valence-corrected chi connectivity index (χ4v) is 3.26. The van der Waals surface area contributed by atoms with Crippen LogP contribution in [0.2, 0.25) is 10.0 Å². The number of aromatic nitrogens is 1. The van der Waals surface area contributed by atoms with Crippen LogP contribution in [0.5, 0.6) is 0 Å². The zero-order valence-corrected chi connectivity index (χ0v) is 13.1. The SMILES string of the molecule is Clc1ccc(C(c2ccccn2)N2CCNCC2)c(Cl)c1. The van der Waals surface area contributed by atoms with Gasteiger partial charge in [-0.1, -0.05) is 35.3 Å². The van der Waals surface area contributed by atoms with Gasteiger partial charge in [0.15, 0.2) is 0 Å². The molecule has 5 heteroatoms. The minimum Gasteiger partial charge on any atom is -0.314 e. The van der Waals surface area contributed by atoms with Gasteiger partial charge in [-0.2, -0.15) is 0 Å². The molecule has 2 heterocycles. The average molecular weight is 322 g/mol. The smallest absolute Gasteiger partial charge is 0.0791 e. The van der Waals surface area contributed by atoms with Crippen LogP contribution in [0.3, 0.4) is 0 Å². The van der Waals surface area contributed by atoms with Crippen LogP contribution >= 0.6 is 23.2 Å². The molecular weight excluding hydrogens is 305 g/mol. The summed E-state index contributed by atoms with van der Waals surface area (Å²) in [5.74, 6) is 0. The van der Waals surface area contributed by atoms with Crippen molar-refractivity contribution in [2.24, 2.45) is 0 Å². The van der Waals surface area contributed by atoms with Gasteiger partial charge in [0.2, 0.25) is 0 Å². The van der Waals surface area contributed by atoms with Crippen molar-refractivity contribution in [3.63, 3.8) is 0 Å². The van der Waals surface area contributed by atoms with Crippen LogP contribution in [0.1, 0.15) is 17.3 Å². The van der Waals surface area contributed by atoms with E-state index in [0.29, 0.717) is 10.0 Å². The second-order valence-electron chi connectivity index (χ2n) is 5.11. The van der Waals surface area contributed by atoms with Crippen LogP contribution < -0.4 is 5.32 Å². The van der Waals surface area contributed by atoms with Gasteiger partial charge < -0.3 is 5.32 Å². The number of hydrogen-bond acceptors (Lipinski definition) is 3. The van der Waals surface area contributed by atoms with Gasteiger partial charge in [-0.25, -0.2) is 0 Å². The molecule has 21 heavy (non-hydrogen) atoms. The van der Waals surface area contributed by atoms with E-state index in [1.54, 1.807) is 6.07 Å². The van der Waals surface area contributed by atoms with Crippen molar-refractivity contribution in [2.75, 3.05) is 26.2 Å². The first-order chi connectivity index (χ1) is 10.3. The van der Waals surface area contributed by atoms with E-state index in [1.165, 1.54) is 0 Å². The highest BCUT2D eigenvalue weighted by Crippen LogP contribution is 2.33. The lowest BCUT2D eigenvalue weighted by Crippen LogP contribution is -2.45. The lowest BCUT2D eigenvalue weighted by molar-refractivity contribution is 0.195. The number of pyridine rings is 1. The zero-order valence-electron chi connectivity index (χ0n) is 11.6. The topological polar surface area (TPSA) is 28.2 Å². The lowest BCUT2D eigenvalue weighted by Gasteiger charge is -2.35. The zero-order chi connectivity index (χ0) is 14.7. The van der Waals surface area contributed by atoms with Gasteiger partial charge in [0.05, 0.1) is 11.7 Å². The van der Waals surface area contributed by atoms with E-state index in [-0.39, 0.29) is 6.04 Å². The van der Waals surface area contributed by atoms with Gasteiger partial charge in [-0.15, -0.1) is 0 Å². The van der Waals surface area contributed by atoms with Gasteiger partial charge in [0, 0.05) is 42.4 Å². The molecule has 0 radical (unpaired) electrons. The normalized spacial score (nSPS) is 17.6. The number of nitrogens with one attached hydrogen (secondary N) is 1. The fraction of sp³-hybridized carbons (Fsp3) is 0.312. The molecule has 0 saturated carbocycles. The Morgan fingerprint density at radius 1 is 1.10 bits per heavy atom. The number of benzene rings is 1. The molecular formula is C16H17Cl2N3. The van der Waals surface area contributed by atoms with Crippen molar-refractivity contribution < 1.29 is 0 Å². The van der Waals surface area contributed by atoms with E-state index in [2.05, 4.69) is 21.3 Å². The first-order valence-corrected chi connectivity index (χ1v) is 7.82. The van der Waals surface area contributed by atoms with Crippen LogP contribution in [-0.2, 0) is 0 Å². The summed E-state index contributed by atoms with van der Waals surface area (Å²) in [5, 5.41) is 4.73. The van der Waals surface area contributed by atoms with E-state index in [9.17, 15) is 0 Å². The molecule has 1 saturated heterocycles. The van der Waals surface area contributed by atoms with Crippen molar-refractivity contribution in [1.82, 2.24) is 15.2 Å². The number of nitrogens with zero attached hydrogens (tertiary/aromatic N) is 2. The fourth-order valence-electron chi connectivity index (χ4n) is 2.74. The summed E-state index contributed by atoms with van der Waals surface area (Å²) in [6, 6.07) is 11.8. The predicted molar refractivity (Wildman–Crippen MR) is 87.0 cm³/mol. The monoisotopic (exact) mass is 321 g/mol. The van der Waals surface area contributed by atoms with Crippen molar-refractivity contribution in [1.29, 1.82) is 0 Å². The first kappa shape index (κ1) is 14.8. The Hall–Kier alpha value is -1.13. The van der Waals surface area contributed by atoms with Crippen LogP contribution in [0.4, 0.5) is 0 Å². The predicted octanol–water partition coefficient (Wildman–Crippen LogP) is 3.38. The maximum absolute atomic E-state index is 6.44. The maximum Gasteiger partial charge on any atom is 0.0791 e. The van der Waals surface area contributed by atoms with Gasteiger partial charge in [-0.05, 0) is 29.8 Å². The Morgan fingerprint density at radius 2 is 1.90 bits per heavy atom. The van der Waals surface area contributed by atoms with E-state index >= 15 is 0 Å². The second kappa shape index (κ2) is 6.75. The van der Waals surface area contributed by atoms with Gasteiger partial charge >= 0.3 is 0 Å². The minimum absolute atomic E-state index is 0.0677. The molecule has 0 spiro atoms. The molecule has 110 valence electrons. The summed E-state index contributed by atoms with van der Waals surface area (Å²) in [7, 11) is 0. The maximum atomic E-state index is 6.44. The van der Waals surface area contributed by atoms with Crippen LogP contribution in [0, 0.1) is 0 Å². The Kier molecular flexibility index (Phi) is 4.76. The largest absolute Gasteiger partial charge is 0.314 e. The standard InChI is InChI=1S/C16H17Cl2N3/c17-12-4-5-13(14(18)11-12)16(15-3-1-2-6-20-15)21-9-7-19-8-10-21/h1-6,11,16,19H,7-10H2. The van der Waals surface area contributed by atoms with Crippen LogP contribution in [0.15, 0.2) is 42.6 Å². The van der Waals surface area contributed by atoms with E-state index in [1.807, 2.05) is 30.5 Å². The van der Waals surface area contributed by atoms with Crippen molar-refractivity contribution in [3.8, 4) is 0 Å². The molecule has 1 atom stereocenters. The molecule has 1 unspecified atom stereocenters. The van der Waals surface area contributed by atoms with Crippen molar-refractivity contribution in [3.05, 3.63) is 63.9 Å². The molecule has 1 N–H and O–H groups in total. The highest BCUT2D eigenvalue weighted by molar-refractivity contribution is 6.35. The Labute approximate surface area is 134 Å². The quantitative estimate of drug-likeness (QED) is 0.939. The summed E-state index contributed by atoms with van der Waals surface area (Å²) >= 11 is 12.5. The third-order valence-electron chi connectivity index (χ3n) is 3.74. The number of rotatable bonds is 3. The highest BCUT2D eigenvalue weighted by atomic mass is 35.5. The summed E-state index contributed by atoms with van der Waals surface area (Å²) in [5.41, 5.74) is 2.07. The third-order valence-corrected chi connectivity index (χ3v) is 4.30. The van der Waals surface area contributed by atoms with Crippen molar-refractivity contribution in [2.45, 2.75) is 6.04 Å².